The van der Waals surface area contributed by atoms with Crippen molar-refractivity contribution in [2.45, 2.75) is 44.7 Å². The molecular formula is C22H27N3. The highest BCUT2D eigenvalue weighted by Gasteiger charge is 2.53. The lowest BCUT2D eigenvalue weighted by atomic mass is 9.75. The number of pyridine rings is 1. The average Bonchev–Trinajstić information content (AvgIpc) is 3.05. The number of fused-ring (bicyclic) bond motifs is 2. The lowest BCUT2D eigenvalue weighted by Gasteiger charge is -2.51. The quantitative estimate of drug-likeness (QED) is 0.834. The zero-order chi connectivity index (χ0) is 17.0. The maximum atomic E-state index is 4.60. The number of aromatic nitrogens is 1. The zero-order valence-electron chi connectivity index (χ0n) is 15.2. The van der Waals surface area contributed by atoms with Crippen molar-refractivity contribution in [2.75, 3.05) is 24.5 Å². The highest BCUT2D eigenvalue weighted by molar-refractivity contribution is 5.53. The Morgan fingerprint density at radius 1 is 0.920 bits per heavy atom. The van der Waals surface area contributed by atoms with E-state index in [2.05, 4.69) is 71.1 Å². The molecule has 0 amide bonds. The van der Waals surface area contributed by atoms with Crippen molar-refractivity contribution in [1.29, 1.82) is 0 Å². The van der Waals surface area contributed by atoms with Gasteiger partial charge in [-0.1, -0.05) is 30.3 Å². The SMILES string of the molecule is Cc1cc(N2C[C@H](c3ccccc3)[C@H]3[C@@H]2C2CCN3CC2)cc(C)n1. The molecule has 3 heteroatoms. The van der Waals surface area contributed by atoms with E-state index in [1.165, 1.54) is 37.2 Å². The maximum absolute atomic E-state index is 4.60. The highest BCUT2D eigenvalue weighted by atomic mass is 15.3. The number of hydrogen-bond donors (Lipinski definition) is 0. The first kappa shape index (κ1) is 15.4. The summed E-state index contributed by atoms with van der Waals surface area (Å²) in [5.74, 6) is 1.46. The highest BCUT2D eigenvalue weighted by Crippen LogP contribution is 2.48. The van der Waals surface area contributed by atoms with E-state index in [1.54, 1.807) is 0 Å². The van der Waals surface area contributed by atoms with Crippen LogP contribution in [0, 0.1) is 19.8 Å². The van der Waals surface area contributed by atoms with Crippen LogP contribution in [-0.2, 0) is 0 Å². The van der Waals surface area contributed by atoms with E-state index in [0.717, 1.165) is 23.9 Å². The van der Waals surface area contributed by atoms with Crippen LogP contribution in [0.4, 0.5) is 5.69 Å². The summed E-state index contributed by atoms with van der Waals surface area (Å²) in [5.41, 5.74) is 5.16. The molecule has 6 rings (SSSR count). The first-order chi connectivity index (χ1) is 12.2. The largest absolute Gasteiger partial charge is 0.366 e. The van der Waals surface area contributed by atoms with Crippen LogP contribution in [-0.4, -0.2) is 41.6 Å². The molecule has 4 aliphatic rings. The third kappa shape index (κ3) is 2.48. The van der Waals surface area contributed by atoms with Crippen molar-refractivity contribution in [3.05, 3.63) is 59.4 Å². The second-order valence-corrected chi connectivity index (χ2v) is 8.13. The van der Waals surface area contributed by atoms with Gasteiger partial charge in [0, 0.05) is 41.6 Å². The molecule has 0 saturated carbocycles. The van der Waals surface area contributed by atoms with E-state index in [1.807, 2.05) is 0 Å². The molecule has 4 saturated heterocycles. The standard InChI is InChI=1S/C22H27N3/c1-15-12-19(13-16(2)23-15)25-14-20(17-6-4-3-5-7-17)22-21(25)18-8-10-24(22)11-9-18/h3-7,12-13,18,20-22H,8-11,14H2,1-2H3/t20-,21+,22+/m1/s1. The van der Waals surface area contributed by atoms with Crippen molar-refractivity contribution in [3.8, 4) is 0 Å². The Hall–Kier alpha value is -1.87. The third-order valence-corrected chi connectivity index (χ3v) is 6.62. The molecule has 0 spiro atoms. The summed E-state index contributed by atoms with van der Waals surface area (Å²) in [6, 6.07) is 17.1. The number of aryl methyl sites for hydroxylation is 2. The Labute approximate surface area is 150 Å². The molecule has 3 atom stereocenters. The minimum Gasteiger partial charge on any atom is -0.366 e. The maximum Gasteiger partial charge on any atom is 0.0481 e. The molecule has 1 aromatic carbocycles. The van der Waals surface area contributed by atoms with Crippen LogP contribution >= 0.6 is 0 Å². The molecule has 2 bridgehead atoms. The molecule has 4 aliphatic heterocycles. The molecule has 0 radical (unpaired) electrons. The molecule has 5 heterocycles. The van der Waals surface area contributed by atoms with Crippen LogP contribution in [0.5, 0.6) is 0 Å². The van der Waals surface area contributed by atoms with E-state index < -0.39 is 0 Å². The first-order valence-electron chi connectivity index (χ1n) is 9.71. The lowest BCUT2D eigenvalue weighted by Crippen LogP contribution is -2.60. The molecular weight excluding hydrogens is 306 g/mol. The van der Waals surface area contributed by atoms with Crippen molar-refractivity contribution in [1.82, 2.24) is 9.88 Å². The predicted octanol–water partition coefficient (Wildman–Crippen LogP) is 3.77. The summed E-state index contributed by atoms with van der Waals surface area (Å²) in [6.45, 7) is 7.95. The topological polar surface area (TPSA) is 19.4 Å². The lowest BCUT2D eigenvalue weighted by molar-refractivity contribution is 0.0356. The van der Waals surface area contributed by atoms with E-state index in [9.17, 15) is 0 Å². The zero-order valence-corrected chi connectivity index (χ0v) is 15.2. The fraction of sp³-hybridized carbons (Fsp3) is 0.500. The molecule has 0 aliphatic carbocycles. The second kappa shape index (κ2) is 5.84. The summed E-state index contributed by atoms with van der Waals surface area (Å²) >= 11 is 0. The van der Waals surface area contributed by atoms with Gasteiger partial charge in [-0.25, -0.2) is 0 Å². The normalized spacial score (nSPS) is 33.5. The van der Waals surface area contributed by atoms with Crippen molar-refractivity contribution in [3.63, 3.8) is 0 Å². The molecule has 3 nitrogen and oxygen atoms in total. The van der Waals surface area contributed by atoms with Gasteiger partial charge in [-0.3, -0.25) is 9.88 Å². The van der Waals surface area contributed by atoms with E-state index in [0.29, 0.717) is 18.0 Å². The van der Waals surface area contributed by atoms with Gasteiger partial charge >= 0.3 is 0 Å². The van der Waals surface area contributed by atoms with Crippen LogP contribution in [0.25, 0.3) is 0 Å². The van der Waals surface area contributed by atoms with E-state index in [4.69, 9.17) is 0 Å². The van der Waals surface area contributed by atoms with Crippen LogP contribution in [0.3, 0.4) is 0 Å². The number of piperidine rings is 3. The van der Waals surface area contributed by atoms with Gasteiger partial charge in [-0.15, -0.1) is 0 Å². The third-order valence-electron chi connectivity index (χ3n) is 6.62. The van der Waals surface area contributed by atoms with Crippen molar-refractivity contribution in [2.24, 2.45) is 5.92 Å². The van der Waals surface area contributed by atoms with Gasteiger partial charge in [0.2, 0.25) is 0 Å². The van der Waals surface area contributed by atoms with Crippen LogP contribution < -0.4 is 4.90 Å². The van der Waals surface area contributed by atoms with Gasteiger partial charge in [-0.05, 0) is 63.4 Å². The van der Waals surface area contributed by atoms with Gasteiger partial charge in [0.25, 0.3) is 0 Å². The van der Waals surface area contributed by atoms with Gasteiger partial charge < -0.3 is 4.90 Å². The minimum absolute atomic E-state index is 0.614. The monoisotopic (exact) mass is 333 g/mol. The Morgan fingerprint density at radius 2 is 1.60 bits per heavy atom. The minimum atomic E-state index is 0.614. The Morgan fingerprint density at radius 3 is 2.28 bits per heavy atom. The van der Waals surface area contributed by atoms with Gasteiger partial charge in [0.05, 0.1) is 0 Å². The van der Waals surface area contributed by atoms with Crippen LogP contribution in [0.15, 0.2) is 42.5 Å². The summed E-state index contributed by atoms with van der Waals surface area (Å²) < 4.78 is 0. The number of hydrogen-bond acceptors (Lipinski definition) is 3. The van der Waals surface area contributed by atoms with Crippen LogP contribution in [0.2, 0.25) is 0 Å². The fourth-order valence-electron chi connectivity index (χ4n) is 5.69. The fourth-order valence-corrected chi connectivity index (χ4v) is 5.69. The molecule has 130 valence electrons. The van der Waals surface area contributed by atoms with Crippen LogP contribution in [0.1, 0.15) is 35.7 Å². The Balaban J connectivity index is 1.58. The number of rotatable bonds is 2. The van der Waals surface area contributed by atoms with Gasteiger partial charge in [-0.2, -0.15) is 0 Å². The summed E-state index contributed by atoms with van der Waals surface area (Å²) in [6.07, 6.45) is 2.73. The van der Waals surface area contributed by atoms with E-state index in [-0.39, 0.29) is 0 Å². The first-order valence-corrected chi connectivity index (χ1v) is 9.71. The molecule has 0 unspecified atom stereocenters. The van der Waals surface area contributed by atoms with Crippen molar-refractivity contribution < 1.29 is 0 Å². The summed E-state index contributed by atoms with van der Waals surface area (Å²) in [4.78, 5) is 10.1. The summed E-state index contributed by atoms with van der Waals surface area (Å²) in [7, 11) is 0. The molecule has 1 aromatic heterocycles. The Kier molecular flexibility index (Phi) is 3.60. The van der Waals surface area contributed by atoms with Gasteiger partial charge in [0.15, 0.2) is 0 Å². The molecule has 25 heavy (non-hydrogen) atoms. The number of anilines is 1. The average molecular weight is 333 g/mol. The number of nitrogens with zero attached hydrogens (tertiary/aromatic N) is 3. The van der Waals surface area contributed by atoms with E-state index >= 15 is 0 Å². The molecule has 4 fully saturated rings. The second-order valence-electron chi connectivity index (χ2n) is 8.13. The Bertz CT molecular complexity index is 744. The summed E-state index contributed by atoms with van der Waals surface area (Å²) in [5, 5.41) is 0. The molecule has 2 aromatic rings. The molecule has 0 N–H and O–H groups in total. The van der Waals surface area contributed by atoms with Gasteiger partial charge in [0.1, 0.15) is 0 Å². The predicted molar refractivity (Wildman–Crippen MR) is 102 cm³/mol. The smallest absolute Gasteiger partial charge is 0.0481 e. The number of benzene rings is 1. The van der Waals surface area contributed by atoms with Crippen molar-refractivity contribution >= 4 is 5.69 Å².